The molecule has 0 saturated carbocycles. The van der Waals surface area contributed by atoms with Crippen molar-refractivity contribution in [2.75, 3.05) is 39.8 Å². The fraction of sp³-hybridized carbons (Fsp3) is 0.379. The van der Waals surface area contributed by atoms with Crippen molar-refractivity contribution in [3.8, 4) is 5.75 Å². The highest BCUT2D eigenvalue weighted by molar-refractivity contribution is 7.89. The first-order chi connectivity index (χ1) is 19.9. The molecule has 9 nitrogen and oxygen atoms in total. The molecule has 0 aliphatic carbocycles. The average Bonchev–Trinajstić information content (AvgIpc) is 3.60. The first kappa shape index (κ1) is 30.3. The molecule has 224 valence electrons. The number of halogens is 3. The third-order valence-electron chi connectivity index (χ3n) is 8.14. The Hall–Kier alpha value is -3.12. The van der Waals surface area contributed by atoms with Gasteiger partial charge in [-0.3, -0.25) is 9.59 Å². The largest absolute Gasteiger partial charge is 0.494 e. The van der Waals surface area contributed by atoms with Crippen LogP contribution in [-0.2, 0) is 10.0 Å². The van der Waals surface area contributed by atoms with Crippen LogP contribution in [0.1, 0.15) is 52.7 Å². The molecule has 2 aliphatic heterocycles. The smallest absolute Gasteiger partial charge is 0.289 e. The summed E-state index contributed by atoms with van der Waals surface area (Å²) in [6, 6.07) is 10.4. The number of ether oxygens (including phenoxy) is 1. The number of nitrogens with zero attached hydrogens (tertiary/aromatic N) is 3. The Kier molecular flexibility index (Phi) is 8.32. The molecule has 42 heavy (non-hydrogen) atoms. The van der Waals surface area contributed by atoms with E-state index >= 15 is 0 Å². The Morgan fingerprint density at radius 2 is 1.71 bits per heavy atom. The van der Waals surface area contributed by atoms with Gasteiger partial charge in [-0.1, -0.05) is 29.3 Å². The number of benzene rings is 2. The van der Waals surface area contributed by atoms with E-state index in [4.69, 9.17) is 32.4 Å². The molecule has 2 aliphatic rings. The van der Waals surface area contributed by atoms with E-state index < -0.39 is 27.3 Å². The number of carbonyl (C=O) groups is 2. The molecule has 13 heteroatoms. The van der Waals surface area contributed by atoms with E-state index in [2.05, 4.69) is 0 Å². The fourth-order valence-electron chi connectivity index (χ4n) is 5.79. The third kappa shape index (κ3) is 5.39. The molecule has 3 heterocycles. The second kappa shape index (κ2) is 11.5. The molecular weight excluding hydrogens is 608 g/mol. The number of sulfonamides is 1. The summed E-state index contributed by atoms with van der Waals surface area (Å²) in [5.74, 6) is -1.13. The van der Waals surface area contributed by atoms with Crippen LogP contribution in [0.4, 0.5) is 4.39 Å². The van der Waals surface area contributed by atoms with Crippen LogP contribution in [0.15, 0.2) is 58.0 Å². The maximum Gasteiger partial charge on any atom is 0.289 e. The van der Waals surface area contributed by atoms with Gasteiger partial charge in [-0.05, 0) is 62.2 Å². The van der Waals surface area contributed by atoms with Crippen molar-refractivity contribution in [1.29, 1.82) is 0 Å². The summed E-state index contributed by atoms with van der Waals surface area (Å²) in [6.07, 6.45) is 1.97. The SMILES string of the molecule is COc1ccc(C2CCN(C(=O)c3cc(S(=O)(=O)N4CCN(C(=O)c5ccco5)CC4)c(Cl)cc3Cl)C2(C)C)cc1F. The quantitative estimate of drug-likeness (QED) is 0.364. The van der Waals surface area contributed by atoms with Gasteiger partial charge in [-0.25, -0.2) is 12.8 Å². The standard InChI is InChI=1S/C29H30Cl2FN3O6S/c1-29(2)20(18-6-7-24(40-3)23(32)15-18)8-9-35(29)27(36)19-16-26(22(31)17-21(19)30)42(38,39)34-12-10-33(11-13-34)28(37)25-5-4-14-41-25/h4-7,14-17,20H,8-13H2,1-3H3. The Bertz CT molecular complexity index is 1620. The minimum Gasteiger partial charge on any atom is -0.494 e. The first-order valence-electron chi connectivity index (χ1n) is 13.3. The number of carbonyl (C=O) groups excluding carboxylic acids is 2. The molecule has 1 aromatic heterocycles. The Morgan fingerprint density at radius 3 is 2.33 bits per heavy atom. The molecule has 0 N–H and O–H groups in total. The van der Waals surface area contributed by atoms with Gasteiger partial charge in [0.1, 0.15) is 4.90 Å². The summed E-state index contributed by atoms with van der Waals surface area (Å²) in [4.78, 5) is 29.4. The minimum atomic E-state index is -4.13. The van der Waals surface area contributed by atoms with Crippen molar-refractivity contribution < 1.29 is 31.6 Å². The zero-order valence-electron chi connectivity index (χ0n) is 23.3. The van der Waals surface area contributed by atoms with Crippen LogP contribution in [0.5, 0.6) is 5.75 Å². The van der Waals surface area contributed by atoms with Gasteiger partial charge in [0.15, 0.2) is 17.3 Å². The first-order valence-corrected chi connectivity index (χ1v) is 15.5. The Labute approximate surface area is 253 Å². The topological polar surface area (TPSA) is 100 Å². The number of hydrogen-bond acceptors (Lipinski definition) is 6. The van der Waals surface area contributed by atoms with E-state index in [0.717, 1.165) is 5.56 Å². The average molecular weight is 639 g/mol. The van der Waals surface area contributed by atoms with Crippen molar-refractivity contribution in [3.63, 3.8) is 0 Å². The van der Waals surface area contributed by atoms with E-state index in [0.29, 0.717) is 13.0 Å². The molecular formula is C29H30Cl2FN3O6S. The van der Waals surface area contributed by atoms with Gasteiger partial charge < -0.3 is 19.0 Å². The van der Waals surface area contributed by atoms with Crippen molar-refractivity contribution in [2.24, 2.45) is 0 Å². The lowest BCUT2D eigenvalue weighted by Crippen LogP contribution is -2.50. The van der Waals surface area contributed by atoms with Gasteiger partial charge in [-0.2, -0.15) is 4.31 Å². The lowest BCUT2D eigenvalue weighted by atomic mass is 9.82. The highest BCUT2D eigenvalue weighted by atomic mass is 35.5. The summed E-state index contributed by atoms with van der Waals surface area (Å²) in [7, 11) is -2.73. The van der Waals surface area contributed by atoms with Gasteiger partial charge in [0.05, 0.1) is 29.0 Å². The summed E-state index contributed by atoms with van der Waals surface area (Å²) >= 11 is 12.8. The number of amides is 2. The number of rotatable bonds is 6. The van der Waals surface area contributed by atoms with Crippen LogP contribution in [0, 0.1) is 5.82 Å². The second-order valence-corrected chi connectivity index (χ2v) is 13.5. The Morgan fingerprint density at radius 1 is 1.00 bits per heavy atom. The van der Waals surface area contributed by atoms with Gasteiger partial charge in [0.2, 0.25) is 10.0 Å². The van der Waals surface area contributed by atoms with E-state index in [1.165, 1.54) is 40.8 Å². The number of piperazine rings is 1. The molecule has 2 fully saturated rings. The zero-order chi connectivity index (χ0) is 30.4. The van der Waals surface area contributed by atoms with Crippen molar-refractivity contribution in [2.45, 2.75) is 36.6 Å². The Balaban J connectivity index is 1.37. The predicted octanol–water partition coefficient (Wildman–Crippen LogP) is 5.29. The summed E-state index contributed by atoms with van der Waals surface area (Å²) in [5, 5.41) is -0.0922. The summed E-state index contributed by atoms with van der Waals surface area (Å²) in [5.41, 5.74) is -0.0126. The molecule has 2 aromatic carbocycles. The fourth-order valence-corrected chi connectivity index (χ4v) is 8.04. The second-order valence-electron chi connectivity index (χ2n) is 10.8. The molecule has 1 atom stereocenters. The lowest BCUT2D eigenvalue weighted by molar-refractivity contribution is 0.0633. The van der Waals surface area contributed by atoms with Crippen molar-refractivity contribution in [3.05, 3.63) is 81.5 Å². The molecule has 0 radical (unpaired) electrons. The molecule has 0 bridgehead atoms. The van der Waals surface area contributed by atoms with Gasteiger partial charge in [0.25, 0.3) is 11.8 Å². The highest BCUT2D eigenvalue weighted by Gasteiger charge is 2.45. The van der Waals surface area contributed by atoms with Gasteiger partial charge in [0, 0.05) is 44.2 Å². The number of hydrogen-bond donors (Lipinski definition) is 0. The predicted molar refractivity (Wildman–Crippen MR) is 155 cm³/mol. The molecule has 2 amide bonds. The normalized spacial score (nSPS) is 19.2. The van der Waals surface area contributed by atoms with Gasteiger partial charge >= 0.3 is 0 Å². The number of likely N-dealkylation sites (tertiary alicyclic amines) is 1. The summed E-state index contributed by atoms with van der Waals surface area (Å²) in [6.45, 7) is 4.52. The number of furan rings is 1. The third-order valence-corrected chi connectivity index (χ3v) is 10.8. The van der Waals surface area contributed by atoms with E-state index in [1.807, 2.05) is 13.8 Å². The van der Waals surface area contributed by atoms with Crippen LogP contribution in [0.3, 0.4) is 0 Å². The highest BCUT2D eigenvalue weighted by Crippen LogP contribution is 2.44. The van der Waals surface area contributed by atoms with E-state index in [-0.39, 0.29) is 70.0 Å². The molecule has 2 saturated heterocycles. The van der Waals surface area contributed by atoms with Crippen LogP contribution in [0.2, 0.25) is 10.0 Å². The molecule has 3 aromatic rings. The van der Waals surface area contributed by atoms with Crippen LogP contribution in [0.25, 0.3) is 0 Å². The van der Waals surface area contributed by atoms with E-state index in [1.54, 1.807) is 29.2 Å². The molecule has 1 unspecified atom stereocenters. The van der Waals surface area contributed by atoms with Crippen LogP contribution < -0.4 is 4.74 Å². The summed E-state index contributed by atoms with van der Waals surface area (Å²) < 4.78 is 53.3. The van der Waals surface area contributed by atoms with Crippen molar-refractivity contribution >= 4 is 45.0 Å². The van der Waals surface area contributed by atoms with Crippen LogP contribution >= 0.6 is 23.2 Å². The monoisotopic (exact) mass is 637 g/mol. The van der Waals surface area contributed by atoms with Crippen molar-refractivity contribution in [1.82, 2.24) is 14.1 Å². The molecule has 0 spiro atoms. The van der Waals surface area contributed by atoms with E-state index in [9.17, 15) is 22.4 Å². The minimum absolute atomic E-state index is 0.000844. The zero-order valence-corrected chi connectivity index (χ0v) is 25.6. The number of methoxy groups -OCH3 is 1. The maximum absolute atomic E-state index is 14.5. The molecule has 5 rings (SSSR count). The van der Waals surface area contributed by atoms with Crippen LogP contribution in [-0.4, -0.2) is 79.7 Å². The maximum atomic E-state index is 14.5. The van der Waals surface area contributed by atoms with Gasteiger partial charge in [-0.15, -0.1) is 0 Å². The lowest BCUT2D eigenvalue weighted by Gasteiger charge is -2.37.